The normalized spacial score (nSPS) is 11.6. The van der Waals surface area contributed by atoms with Crippen molar-refractivity contribution in [1.82, 2.24) is 4.57 Å². The Morgan fingerprint density at radius 3 is 1.86 bits per heavy atom. The predicted octanol–water partition coefficient (Wildman–Crippen LogP) is 13.4. The number of aromatic nitrogens is 1. The van der Waals surface area contributed by atoms with Crippen molar-refractivity contribution in [3.05, 3.63) is 194 Å². The number of benzene rings is 9. The van der Waals surface area contributed by atoms with Crippen LogP contribution in [0.2, 0.25) is 0 Å². The van der Waals surface area contributed by atoms with Gasteiger partial charge in [0.1, 0.15) is 0 Å². The van der Waals surface area contributed by atoms with E-state index in [0.717, 1.165) is 22.7 Å². The van der Waals surface area contributed by atoms with Gasteiger partial charge < -0.3 is 9.47 Å². The molecule has 0 bridgehead atoms. The van der Waals surface area contributed by atoms with Crippen LogP contribution in [-0.4, -0.2) is 4.57 Å². The van der Waals surface area contributed by atoms with Gasteiger partial charge in [0.25, 0.3) is 0 Å². The molecule has 0 saturated carbocycles. The van der Waals surface area contributed by atoms with Gasteiger partial charge in [-0.1, -0.05) is 152 Å². The molecule has 0 aliphatic heterocycles. The van der Waals surface area contributed by atoms with Crippen molar-refractivity contribution >= 4 is 71.2 Å². The van der Waals surface area contributed by atoms with Crippen LogP contribution in [0.15, 0.2) is 194 Å². The van der Waals surface area contributed by atoms with E-state index in [1.165, 1.54) is 65.3 Å². The molecule has 10 aromatic rings. The van der Waals surface area contributed by atoms with E-state index in [4.69, 9.17) is 0 Å². The first-order valence-electron chi connectivity index (χ1n) is 17.2. The quantitative estimate of drug-likeness (QED) is 0.171. The summed E-state index contributed by atoms with van der Waals surface area (Å²) >= 11 is 0. The van der Waals surface area contributed by atoms with Gasteiger partial charge in [0.05, 0.1) is 22.4 Å². The van der Waals surface area contributed by atoms with Crippen molar-refractivity contribution < 1.29 is 0 Å². The fourth-order valence-corrected chi connectivity index (χ4v) is 7.93. The summed E-state index contributed by atoms with van der Waals surface area (Å²) in [7, 11) is 0. The summed E-state index contributed by atoms with van der Waals surface area (Å²) in [6, 6.07) is 70.6. The van der Waals surface area contributed by atoms with Crippen LogP contribution >= 0.6 is 0 Å². The van der Waals surface area contributed by atoms with Gasteiger partial charge >= 0.3 is 0 Å². The third-order valence-corrected chi connectivity index (χ3v) is 10.1. The molecular weight excluding hydrogens is 605 g/mol. The maximum atomic E-state index is 2.49. The van der Waals surface area contributed by atoms with Crippen LogP contribution in [0.5, 0.6) is 0 Å². The lowest BCUT2D eigenvalue weighted by Gasteiger charge is -2.29. The van der Waals surface area contributed by atoms with Crippen LogP contribution in [0.25, 0.3) is 70.9 Å². The Labute approximate surface area is 290 Å². The monoisotopic (exact) mass is 636 g/mol. The Bertz CT molecular complexity index is 2870. The third kappa shape index (κ3) is 4.43. The van der Waals surface area contributed by atoms with Gasteiger partial charge in [-0.05, 0) is 80.5 Å². The van der Waals surface area contributed by atoms with Crippen LogP contribution in [0.1, 0.15) is 0 Å². The number of fused-ring (bicyclic) bond motifs is 8. The molecule has 9 aromatic carbocycles. The predicted molar refractivity (Wildman–Crippen MR) is 213 cm³/mol. The highest BCUT2D eigenvalue weighted by atomic mass is 15.2. The molecule has 0 unspecified atom stereocenters. The maximum absolute atomic E-state index is 2.49. The van der Waals surface area contributed by atoms with Gasteiger partial charge in [0.2, 0.25) is 0 Å². The smallest absolute Gasteiger partial charge is 0.0782 e. The summed E-state index contributed by atoms with van der Waals surface area (Å²) in [5.41, 5.74) is 9.25. The van der Waals surface area contributed by atoms with Crippen LogP contribution in [0, 0.1) is 0 Å². The van der Waals surface area contributed by atoms with Crippen LogP contribution in [-0.2, 0) is 0 Å². The van der Waals surface area contributed by atoms with Crippen molar-refractivity contribution in [3.63, 3.8) is 0 Å². The van der Waals surface area contributed by atoms with E-state index in [9.17, 15) is 0 Å². The molecule has 0 aliphatic carbocycles. The Morgan fingerprint density at radius 1 is 0.360 bits per heavy atom. The molecule has 1 aromatic heterocycles. The van der Waals surface area contributed by atoms with E-state index in [-0.39, 0.29) is 0 Å². The van der Waals surface area contributed by atoms with Gasteiger partial charge in [-0.25, -0.2) is 0 Å². The molecule has 50 heavy (non-hydrogen) atoms. The lowest BCUT2D eigenvalue weighted by atomic mass is 9.95. The fraction of sp³-hybridized carbons (Fsp3) is 0. The fourth-order valence-electron chi connectivity index (χ4n) is 7.93. The number of rotatable bonds is 5. The average molecular weight is 637 g/mol. The molecule has 10 rings (SSSR count). The van der Waals surface area contributed by atoms with Gasteiger partial charge in [0.15, 0.2) is 0 Å². The third-order valence-electron chi connectivity index (χ3n) is 10.1. The minimum absolute atomic E-state index is 1.11. The molecule has 1 heterocycles. The lowest BCUT2D eigenvalue weighted by Crippen LogP contribution is -2.12. The molecule has 0 amide bonds. The van der Waals surface area contributed by atoms with Gasteiger partial charge in [-0.3, -0.25) is 0 Å². The molecule has 0 aliphatic rings. The summed E-state index contributed by atoms with van der Waals surface area (Å²) in [6.45, 7) is 0. The first kappa shape index (κ1) is 28.4. The second-order valence-electron chi connectivity index (χ2n) is 12.9. The minimum Gasteiger partial charge on any atom is -0.308 e. The van der Waals surface area contributed by atoms with Crippen LogP contribution < -0.4 is 4.90 Å². The van der Waals surface area contributed by atoms with E-state index in [1.54, 1.807) is 0 Å². The highest BCUT2D eigenvalue weighted by Crippen LogP contribution is 2.47. The van der Waals surface area contributed by atoms with Crippen molar-refractivity contribution in [2.24, 2.45) is 0 Å². The molecule has 2 heteroatoms. The van der Waals surface area contributed by atoms with E-state index in [2.05, 4.69) is 204 Å². The Balaban J connectivity index is 1.35. The van der Waals surface area contributed by atoms with Crippen molar-refractivity contribution in [2.45, 2.75) is 0 Å². The summed E-state index contributed by atoms with van der Waals surface area (Å²) in [5.74, 6) is 0. The van der Waals surface area contributed by atoms with Crippen molar-refractivity contribution in [2.75, 3.05) is 4.90 Å². The highest BCUT2D eigenvalue weighted by molar-refractivity contribution is 6.22. The van der Waals surface area contributed by atoms with E-state index in [1.807, 2.05) is 0 Å². The highest BCUT2D eigenvalue weighted by Gasteiger charge is 2.23. The topological polar surface area (TPSA) is 8.17 Å². The zero-order valence-corrected chi connectivity index (χ0v) is 27.4. The first-order valence-corrected chi connectivity index (χ1v) is 17.2. The maximum Gasteiger partial charge on any atom is 0.0782 e. The molecule has 0 fully saturated rings. The zero-order chi connectivity index (χ0) is 33.0. The zero-order valence-electron chi connectivity index (χ0n) is 27.4. The average Bonchev–Trinajstić information content (AvgIpc) is 3.54. The van der Waals surface area contributed by atoms with E-state index >= 15 is 0 Å². The molecule has 0 radical (unpaired) electrons. The van der Waals surface area contributed by atoms with Crippen molar-refractivity contribution in [1.29, 1.82) is 0 Å². The van der Waals surface area contributed by atoms with E-state index < -0.39 is 0 Å². The summed E-state index contributed by atoms with van der Waals surface area (Å²) < 4.78 is 2.44. The van der Waals surface area contributed by atoms with Crippen molar-refractivity contribution in [3.8, 4) is 16.8 Å². The van der Waals surface area contributed by atoms with Gasteiger partial charge in [-0.15, -0.1) is 0 Å². The molecule has 0 N–H and O–H groups in total. The minimum atomic E-state index is 1.11. The summed E-state index contributed by atoms with van der Waals surface area (Å²) in [5, 5.41) is 9.94. The molecule has 0 saturated heterocycles. The van der Waals surface area contributed by atoms with Crippen LogP contribution in [0.4, 0.5) is 17.1 Å². The number of nitrogens with zero attached hydrogens (tertiary/aromatic N) is 2. The molecule has 0 atom stereocenters. The molecule has 234 valence electrons. The Kier molecular flexibility index (Phi) is 6.53. The van der Waals surface area contributed by atoms with Crippen LogP contribution in [0.3, 0.4) is 0 Å². The second-order valence-corrected chi connectivity index (χ2v) is 12.9. The van der Waals surface area contributed by atoms with Gasteiger partial charge in [-0.2, -0.15) is 0 Å². The standard InChI is InChI=1S/C48H32N2/c1-3-14-33(15-4-1)36-18-11-21-38(32-36)49(45-26-12-17-35-29-30-40-39-22-8-7-16-34(39)28-31-42(40)47(35)45)46-27-13-24-43-41-23-9-10-25-44(41)50(48(43)46)37-19-5-2-6-20-37/h1-32H. The molecular formula is C48H32N2. The molecule has 0 spiro atoms. The number of para-hydroxylation sites is 3. The SMILES string of the molecule is c1ccc(-c2cccc(N(c3cccc4ccc5c6ccccc6ccc5c34)c3cccc4c5ccccc5n(-c5ccccc5)c34)c2)cc1. The van der Waals surface area contributed by atoms with E-state index in [0.29, 0.717) is 0 Å². The van der Waals surface area contributed by atoms with Gasteiger partial charge in [0, 0.05) is 27.5 Å². The Hall–Kier alpha value is -6.64. The summed E-state index contributed by atoms with van der Waals surface area (Å²) in [6.07, 6.45) is 0. The first-order chi connectivity index (χ1) is 24.8. The number of hydrogen-bond acceptors (Lipinski definition) is 1. The lowest BCUT2D eigenvalue weighted by molar-refractivity contribution is 1.17. The number of hydrogen-bond donors (Lipinski definition) is 0. The number of anilines is 3. The second kappa shape index (κ2) is 11.5. The Morgan fingerprint density at radius 2 is 0.980 bits per heavy atom. The summed E-state index contributed by atoms with van der Waals surface area (Å²) in [4.78, 5) is 2.49. The molecule has 2 nitrogen and oxygen atoms in total. The largest absolute Gasteiger partial charge is 0.308 e.